The van der Waals surface area contributed by atoms with Gasteiger partial charge in [0.05, 0.1) is 17.7 Å². The number of hydrogen-bond acceptors (Lipinski definition) is 3. The van der Waals surface area contributed by atoms with Gasteiger partial charge in [-0.1, -0.05) is 12.1 Å². The first-order valence-corrected chi connectivity index (χ1v) is 4.16. The Labute approximate surface area is 101 Å². The number of carboxylic acid groups (broad SMARTS) is 1. The van der Waals surface area contributed by atoms with Gasteiger partial charge in [-0.05, 0) is 19.1 Å². The maximum absolute atomic E-state index is 11.3. The Morgan fingerprint density at radius 2 is 1.87 bits per heavy atom. The second kappa shape index (κ2) is 6.28. The number of benzene rings is 1. The van der Waals surface area contributed by atoms with Gasteiger partial charge in [0.2, 0.25) is 0 Å². The van der Waals surface area contributed by atoms with E-state index >= 15 is 0 Å². The van der Waals surface area contributed by atoms with Crippen LogP contribution in [0.3, 0.4) is 0 Å². The van der Waals surface area contributed by atoms with Gasteiger partial charge in [0, 0.05) is 0 Å². The molecule has 1 rings (SSSR count). The molecular formula is C10H11LiO4. The van der Waals surface area contributed by atoms with Crippen LogP contribution in [0.4, 0.5) is 0 Å². The van der Waals surface area contributed by atoms with E-state index in [0.717, 1.165) is 0 Å². The minimum absolute atomic E-state index is 0. The third kappa shape index (κ3) is 3.43. The Morgan fingerprint density at radius 3 is 2.33 bits per heavy atom. The van der Waals surface area contributed by atoms with Crippen molar-refractivity contribution in [1.82, 2.24) is 0 Å². The minimum Gasteiger partial charge on any atom is -1.00 e. The van der Waals surface area contributed by atoms with E-state index in [1.54, 1.807) is 19.1 Å². The van der Waals surface area contributed by atoms with Gasteiger partial charge in [0.15, 0.2) is 0 Å². The zero-order valence-corrected chi connectivity index (χ0v) is 8.69. The topological polar surface area (TPSA) is 63.6 Å². The number of carbonyl (C=O) groups is 2. The third-order valence-electron chi connectivity index (χ3n) is 1.65. The Balaban J connectivity index is 0. The van der Waals surface area contributed by atoms with Gasteiger partial charge in [-0.15, -0.1) is 0 Å². The summed E-state index contributed by atoms with van der Waals surface area (Å²) in [7, 11) is 0. The van der Waals surface area contributed by atoms with E-state index in [1.807, 2.05) is 0 Å². The molecule has 1 aromatic carbocycles. The molecule has 0 heterocycles. The Bertz CT molecular complexity index is 368. The first-order chi connectivity index (χ1) is 6.66. The van der Waals surface area contributed by atoms with Crippen molar-refractivity contribution >= 4 is 11.9 Å². The molecule has 0 saturated carbocycles. The average Bonchev–Trinajstić information content (AvgIpc) is 2.18. The summed E-state index contributed by atoms with van der Waals surface area (Å²) in [6.07, 6.45) is 0. The summed E-state index contributed by atoms with van der Waals surface area (Å²) < 4.78 is 4.72. The van der Waals surface area contributed by atoms with Gasteiger partial charge in [0.25, 0.3) is 0 Å². The minimum atomic E-state index is -1.13. The van der Waals surface area contributed by atoms with Gasteiger partial charge >= 0.3 is 30.8 Å². The number of carbonyl (C=O) groups excluding carboxylic acids is 1. The standard InChI is InChI=1S/C10H10O4.Li.H/c1-2-14-10(13)8-6-4-3-5-7(8)9(11)12;;/h3-6H,2H2,1H3,(H,11,12);;/q;+1;-1. The van der Waals surface area contributed by atoms with E-state index in [-0.39, 0.29) is 38.0 Å². The first kappa shape index (κ1) is 13.8. The number of hydrogen-bond donors (Lipinski definition) is 1. The second-order valence-corrected chi connectivity index (χ2v) is 2.57. The largest absolute Gasteiger partial charge is 1.00 e. The van der Waals surface area contributed by atoms with Crippen LogP contribution in [0.15, 0.2) is 24.3 Å². The Morgan fingerprint density at radius 1 is 1.33 bits per heavy atom. The molecule has 5 heteroatoms. The van der Waals surface area contributed by atoms with Gasteiger partial charge in [0.1, 0.15) is 0 Å². The van der Waals surface area contributed by atoms with Gasteiger partial charge < -0.3 is 11.3 Å². The van der Waals surface area contributed by atoms with Gasteiger partial charge in [-0.25, -0.2) is 9.59 Å². The monoisotopic (exact) mass is 202 g/mol. The van der Waals surface area contributed by atoms with Gasteiger partial charge in [-0.2, -0.15) is 0 Å². The molecule has 0 amide bonds. The van der Waals surface area contributed by atoms with Crippen LogP contribution in [0.1, 0.15) is 29.1 Å². The van der Waals surface area contributed by atoms with E-state index in [4.69, 9.17) is 9.84 Å². The predicted octanol–water partition coefficient (Wildman–Crippen LogP) is -1.32. The van der Waals surface area contributed by atoms with Crippen LogP contribution in [0, 0.1) is 0 Å². The number of ether oxygens (including phenoxy) is 1. The molecule has 0 saturated heterocycles. The maximum Gasteiger partial charge on any atom is 1.00 e. The van der Waals surface area contributed by atoms with E-state index in [9.17, 15) is 9.59 Å². The second-order valence-electron chi connectivity index (χ2n) is 2.57. The zero-order chi connectivity index (χ0) is 10.6. The molecule has 1 aromatic rings. The van der Waals surface area contributed by atoms with Gasteiger partial charge in [-0.3, -0.25) is 0 Å². The summed E-state index contributed by atoms with van der Waals surface area (Å²) in [4.78, 5) is 22.0. The SMILES string of the molecule is CCOC(=O)c1ccccc1C(=O)O.[H-].[Li+]. The normalized spacial score (nSPS) is 8.87. The van der Waals surface area contributed by atoms with Crippen LogP contribution >= 0.6 is 0 Å². The van der Waals surface area contributed by atoms with Crippen LogP contribution < -0.4 is 18.9 Å². The quantitative estimate of drug-likeness (QED) is 0.487. The molecule has 0 aliphatic heterocycles. The van der Waals surface area contributed by atoms with E-state index in [0.29, 0.717) is 0 Å². The van der Waals surface area contributed by atoms with Crippen LogP contribution in [0.25, 0.3) is 0 Å². The molecule has 4 nitrogen and oxygen atoms in total. The van der Waals surface area contributed by atoms with Crippen molar-refractivity contribution < 1.29 is 39.7 Å². The van der Waals surface area contributed by atoms with E-state index in [2.05, 4.69) is 0 Å². The molecule has 76 valence electrons. The summed E-state index contributed by atoms with van der Waals surface area (Å²) in [6, 6.07) is 5.96. The fourth-order valence-electron chi connectivity index (χ4n) is 1.06. The molecule has 0 fully saturated rings. The number of esters is 1. The zero-order valence-electron chi connectivity index (χ0n) is 9.69. The van der Waals surface area contributed by atoms with Crippen molar-refractivity contribution in [3.63, 3.8) is 0 Å². The maximum atomic E-state index is 11.3. The van der Waals surface area contributed by atoms with Crippen molar-refractivity contribution in [2.75, 3.05) is 6.61 Å². The number of carboxylic acids is 1. The molecule has 0 atom stereocenters. The van der Waals surface area contributed by atoms with Crippen molar-refractivity contribution in [2.45, 2.75) is 6.92 Å². The van der Waals surface area contributed by atoms with Crippen molar-refractivity contribution in [3.05, 3.63) is 35.4 Å². The predicted molar refractivity (Wildman–Crippen MR) is 50.5 cm³/mol. The van der Waals surface area contributed by atoms with E-state index in [1.165, 1.54) is 12.1 Å². The fraction of sp³-hybridized carbons (Fsp3) is 0.200. The average molecular weight is 202 g/mol. The summed E-state index contributed by atoms with van der Waals surface area (Å²) in [5.74, 6) is -1.74. The molecule has 0 radical (unpaired) electrons. The molecule has 0 spiro atoms. The molecular weight excluding hydrogens is 191 g/mol. The van der Waals surface area contributed by atoms with Crippen LogP contribution in [-0.4, -0.2) is 23.7 Å². The Kier molecular flexibility index (Phi) is 5.76. The molecule has 0 aliphatic rings. The van der Waals surface area contributed by atoms with Crippen LogP contribution in [0.2, 0.25) is 0 Å². The molecule has 0 unspecified atom stereocenters. The number of rotatable bonds is 3. The van der Waals surface area contributed by atoms with Crippen LogP contribution in [-0.2, 0) is 4.74 Å². The fourth-order valence-corrected chi connectivity index (χ4v) is 1.06. The molecule has 15 heavy (non-hydrogen) atoms. The molecule has 0 bridgehead atoms. The summed E-state index contributed by atoms with van der Waals surface area (Å²) in [6.45, 7) is 1.90. The smallest absolute Gasteiger partial charge is 1.00 e. The van der Waals surface area contributed by atoms with Crippen LogP contribution in [0.5, 0.6) is 0 Å². The molecule has 0 aliphatic carbocycles. The summed E-state index contributed by atoms with van der Waals surface area (Å²) >= 11 is 0. The Hall–Kier alpha value is -1.24. The van der Waals surface area contributed by atoms with E-state index < -0.39 is 11.9 Å². The van der Waals surface area contributed by atoms with Crippen molar-refractivity contribution in [3.8, 4) is 0 Å². The van der Waals surface area contributed by atoms with Crippen molar-refractivity contribution in [1.29, 1.82) is 0 Å². The molecule has 0 aromatic heterocycles. The van der Waals surface area contributed by atoms with Crippen molar-refractivity contribution in [2.24, 2.45) is 0 Å². The molecule has 1 N–H and O–H groups in total. The first-order valence-electron chi connectivity index (χ1n) is 4.16. The number of aromatic carboxylic acids is 1. The summed E-state index contributed by atoms with van der Waals surface area (Å²) in [5, 5.41) is 8.77. The third-order valence-corrected chi connectivity index (χ3v) is 1.65. The summed E-state index contributed by atoms with van der Waals surface area (Å²) in [5.41, 5.74) is 0.0489.